The molecular formula is C11H19NO5. The maximum absolute atomic E-state index is 11.6. The molecule has 0 radical (unpaired) electrons. The lowest BCUT2D eigenvalue weighted by molar-refractivity contribution is -0.151. The van der Waals surface area contributed by atoms with Gasteiger partial charge in [0.25, 0.3) is 0 Å². The van der Waals surface area contributed by atoms with Crippen LogP contribution in [0.2, 0.25) is 0 Å². The number of hydrogen-bond acceptors (Lipinski definition) is 4. The van der Waals surface area contributed by atoms with Gasteiger partial charge in [-0.15, -0.1) is 0 Å². The highest BCUT2D eigenvalue weighted by Crippen LogP contribution is 2.19. The van der Waals surface area contributed by atoms with Gasteiger partial charge in [-0.05, 0) is 25.7 Å². The lowest BCUT2D eigenvalue weighted by atomic mass is 10.2. The summed E-state index contributed by atoms with van der Waals surface area (Å²) in [4.78, 5) is 22.2. The van der Waals surface area contributed by atoms with Crippen LogP contribution in [0, 0.1) is 0 Å². The fourth-order valence-electron chi connectivity index (χ4n) is 1.71. The first-order valence-corrected chi connectivity index (χ1v) is 5.80. The number of carboxylic acid groups (broad SMARTS) is 1. The molecule has 0 unspecified atom stereocenters. The number of amides is 1. The highest BCUT2D eigenvalue weighted by atomic mass is 16.5. The first-order chi connectivity index (χ1) is 8.15. The lowest BCUT2D eigenvalue weighted by Gasteiger charge is -2.11. The number of nitrogens with one attached hydrogen (secondary N) is 1. The molecule has 1 amide bonds. The molecule has 6 heteroatoms. The van der Waals surface area contributed by atoms with Crippen molar-refractivity contribution in [3.63, 3.8) is 0 Å². The molecule has 2 atom stereocenters. The van der Waals surface area contributed by atoms with Crippen LogP contribution < -0.4 is 5.32 Å². The molecule has 1 aliphatic rings. The fraction of sp³-hybridized carbons (Fsp3) is 0.818. The second-order valence-electron chi connectivity index (χ2n) is 4.02. The van der Waals surface area contributed by atoms with Crippen molar-refractivity contribution in [3.05, 3.63) is 0 Å². The van der Waals surface area contributed by atoms with E-state index in [2.05, 4.69) is 5.32 Å². The first kappa shape index (κ1) is 13.9. The quantitative estimate of drug-likeness (QED) is 0.624. The van der Waals surface area contributed by atoms with Crippen LogP contribution in [0.4, 0.5) is 0 Å². The largest absolute Gasteiger partial charge is 0.479 e. The van der Waals surface area contributed by atoms with Crippen LogP contribution in [0.3, 0.4) is 0 Å². The molecule has 98 valence electrons. The van der Waals surface area contributed by atoms with Crippen LogP contribution in [0.15, 0.2) is 0 Å². The summed E-state index contributed by atoms with van der Waals surface area (Å²) in [6, 6.07) is 0. The van der Waals surface area contributed by atoms with Crippen molar-refractivity contribution in [2.24, 2.45) is 0 Å². The van der Waals surface area contributed by atoms with Crippen molar-refractivity contribution in [2.45, 2.75) is 37.9 Å². The predicted molar refractivity (Wildman–Crippen MR) is 59.7 cm³/mol. The van der Waals surface area contributed by atoms with Gasteiger partial charge in [0.05, 0.1) is 0 Å². The Labute approximate surface area is 100 Å². The van der Waals surface area contributed by atoms with Gasteiger partial charge >= 0.3 is 5.97 Å². The SMILES string of the molecule is COCCCCNC(=O)[C@@H]1CC[C@H](C(=O)O)O1. The minimum absolute atomic E-state index is 0.217. The van der Waals surface area contributed by atoms with E-state index in [1.807, 2.05) is 0 Å². The number of carbonyl (C=O) groups excluding carboxylic acids is 1. The normalized spacial score (nSPS) is 23.6. The van der Waals surface area contributed by atoms with Crippen molar-refractivity contribution in [1.82, 2.24) is 5.32 Å². The van der Waals surface area contributed by atoms with Gasteiger partial charge in [0.15, 0.2) is 6.10 Å². The van der Waals surface area contributed by atoms with Gasteiger partial charge < -0.3 is 19.9 Å². The lowest BCUT2D eigenvalue weighted by Crippen LogP contribution is -2.36. The van der Waals surface area contributed by atoms with Gasteiger partial charge in [0.2, 0.25) is 5.91 Å². The van der Waals surface area contributed by atoms with Crippen LogP contribution in [-0.4, -0.2) is 49.5 Å². The first-order valence-electron chi connectivity index (χ1n) is 5.80. The second-order valence-corrected chi connectivity index (χ2v) is 4.02. The minimum atomic E-state index is -1.000. The summed E-state index contributed by atoms with van der Waals surface area (Å²) in [6.45, 7) is 1.25. The van der Waals surface area contributed by atoms with E-state index in [0.717, 1.165) is 12.8 Å². The maximum atomic E-state index is 11.6. The average Bonchev–Trinajstić information content (AvgIpc) is 2.78. The fourth-order valence-corrected chi connectivity index (χ4v) is 1.71. The van der Waals surface area contributed by atoms with Gasteiger partial charge in [-0.1, -0.05) is 0 Å². The highest BCUT2D eigenvalue weighted by Gasteiger charge is 2.34. The molecule has 1 rings (SSSR count). The number of ether oxygens (including phenoxy) is 2. The van der Waals surface area contributed by atoms with E-state index >= 15 is 0 Å². The Kier molecular flexibility index (Phi) is 5.93. The molecule has 17 heavy (non-hydrogen) atoms. The number of aliphatic carboxylic acids is 1. The van der Waals surface area contributed by atoms with E-state index in [0.29, 0.717) is 26.0 Å². The second kappa shape index (κ2) is 7.24. The molecule has 0 spiro atoms. The van der Waals surface area contributed by atoms with Gasteiger partial charge in [-0.25, -0.2) is 4.79 Å². The van der Waals surface area contributed by atoms with Crippen molar-refractivity contribution in [2.75, 3.05) is 20.3 Å². The standard InChI is InChI=1S/C11H19NO5/c1-16-7-3-2-6-12-10(13)8-4-5-9(17-8)11(14)15/h8-9H,2-7H2,1H3,(H,12,13)(H,14,15)/t8-,9+/m0/s1. The summed E-state index contributed by atoms with van der Waals surface area (Å²) in [5.41, 5.74) is 0. The van der Waals surface area contributed by atoms with Crippen LogP contribution in [0.1, 0.15) is 25.7 Å². The van der Waals surface area contributed by atoms with Crippen LogP contribution in [-0.2, 0) is 19.1 Å². The average molecular weight is 245 g/mol. The maximum Gasteiger partial charge on any atom is 0.332 e. The van der Waals surface area contributed by atoms with E-state index < -0.39 is 18.2 Å². The molecule has 0 saturated carbocycles. The Bertz CT molecular complexity index is 269. The molecule has 1 saturated heterocycles. The zero-order chi connectivity index (χ0) is 12.7. The Morgan fingerprint density at radius 2 is 2.06 bits per heavy atom. The molecule has 0 aromatic rings. The number of methoxy groups -OCH3 is 1. The third-order valence-electron chi connectivity index (χ3n) is 2.66. The molecular weight excluding hydrogens is 226 g/mol. The van der Waals surface area contributed by atoms with Gasteiger partial charge in [0, 0.05) is 20.3 Å². The predicted octanol–water partition coefficient (Wildman–Crippen LogP) is 0.161. The monoisotopic (exact) mass is 245 g/mol. The van der Waals surface area contributed by atoms with Crippen molar-refractivity contribution < 1.29 is 24.2 Å². The van der Waals surface area contributed by atoms with E-state index in [9.17, 15) is 9.59 Å². The Morgan fingerprint density at radius 1 is 1.35 bits per heavy atom. The minimum Gasteiger partial charge on any atom is -0.479 e. The Hall–Kier alpha value is -1.14. The number of carbonyl (C=O) groups is 2. The summed E-state index contributed by atoms with van der Waals surface area (Å²) in [7, 11) is 1.64. The van der Waals surface area contributed by atoms with Crippen LogP contribution in [0.5, 0.6) is 0 Å². The summed E-state index contributed by atoms with van der Waals surface area (Å²) in [6.07, 6.45) is 1.16. The van der Waals surface area contributed by atoms with Crippen LogP contribution >= 0.6 is 0 Å². The molecule has 0 aromatic heterocycles. The molecule has 0 aromatic carbocycles. The van der Waals surface area contributed by atoms with Gasteiger partial charge in [0.1, 0.15) is 6.10 Å². The summed E-state index contributed by atoms with van der Waals surface area (Å²) >= 11 is 0. The van der Waals surface area contributed by atoms with E-state index in [1.54, 1.807) is 7.11 Å². The topological polar surface area (TPSA) is 84.9 Å². The molecule has 1 aliphatic heterocycles. The Balaban J connectivity index is 2.14. The molecule has 1 heterocycles. The molecule has 2 N–H and O–H groups in total. The summed E-state index contributed by atoms with van der Waals surface area (Å²) in [5, 5.41) is 11.4. The number of rotatable bonds is 7. The molecule has 0 bridgehead atoms. The molecule has 6 nitrogen and oxygen atoms in total. The van der Waals surface area contributed by atoms with Gasteiger partial charge in [-0.3, -0.25) is 4.79 Å². The smallest absolute Gasteiger partial charge is 0.332 e. The highest BCUT2D eigenvalue weighted by molar-refractivity contribution is 5.82. The van der Waals surface area contributed by atoms with Crippen LogP contribution in [0.25, 0.3) is 0 Å². The van der Waals surface area contributed by atoms with Crippen molar-refractivity contribution in [3.8, 4) is 0 Å². The van der Waals surface area contributed by atoms with E-state index in [-0.39, 0.29) is 5.91 Å². The third kappa shape index (κ3) is 4.70. The number of unbranched alkanes of at least 4 members (excludes halogenated alkanes) is 1. The molecule has 1 fully saturated rings. The molecule has 0 aliphatic carbocycles. The van der Waals surface area contributed by atoms with E-state index in [1.165, 1.54) is 0 Å². The number of carboxylic acids is 1. The van der Waals surface area contributed by atoms with E-state index in [4.69, 9.17) is 14.6 Å². The zero-order valence-electron chi connectivity index (χ0n) is 9.98. The summed E-state index contributed by atoms with van der Waals surface area (Å²) in [5.74, 6) is -1.22. The van der Waals surface area contributed by atoms with Crippen molar-refractivity contribution >= 4 is 11.9 Å². The number of hydrogen-bond donors (Lipinski definition) is 2. The van der Waals surface area contributed by atoms with Gasteiger partial charge in [-0.2, -0.15) is 0 Å². The third-order valence-corrected chi connectivity index (χ3v) is 2.66. The Morgan fingerprint density at radius 3 is 2.65 bits per heavy atom. The van der Waals surface area contributed by atoms with Crippen molar-refractivity contribution in [1.29, 1.82) is 0 Å². The zero-order valence-corrected chi connectivity index (χ0v) is 9.98. The summed E-state index contributed by atoms with van der Waals surface area (Å²) < 4.78 is 10.0.